The van der Waals surface area contributed by atoms with E-state index in [1.807, 2.05) is 24.3 Å². The predicted molar refractivity (Wildman–Crippen MR) is 80.6 cm³/mol. The molecule has 0 aliphatic rings. The summed E-state index contributed by atoms with van der Waals surface area (Å²) in [7, 11) is 0. The van der Waals surface area contributed by atoms with Gasteiger partial charge in [0.1, 0.15) is 5.82 Å². The maximum absolute atomic E-state index is 13.6. The molecule has 100 valence electrons. The maximum atomic E-state index is 13.6. The Morgan fingerprint density at radius 2 is 1.90 bits per heavy atom. The highest BCUT2D eigenvalue weighted by Crippen LogP contribution is 2.31. The first-order valence-corrected chi connectivity index (χ1v) is 6.31. The smallest absolute Gasteiger partial charge is 0.128 e. The molecule has 20 heavy (non-hydrogen) atoms. The Balaban J connectivity index is 2.12. The van der Waals surface area contributed by atoms with Crippen molar-refractivity contribution < 1.29 is 4.39 Å². The van der Waals surface area contributed by atoms with Crippen LogP contribution in [0.3, 0.4) is 0 Å². The Bertz CT molecular complexity index is 784. The maximum Gasteiger partial charge on any atom is 0.128 e. The van der Waals surface area contributed by atoms with Gasteiger partial charge in [0.05, 0.1) is 0 Å². The Kier molecular flexibility index (Phi) is 2.99. The van der Waals surface area contributed by atoms with E-state index in [9.17, 15) is 4.39 Å². The van der Waals surface area contributed by atoms with Crippen molar-refractivity contribution in [3.8, 4) is 0 Å². The van der Waals surface area contributed by atoms with Gasteiger partial charge in [0.2, 0.25) is 0 Å². The number of fused-ring (bicyclic) bond motifs is 1. The average molecular weight is 267 g/mol. The second kappa shape index (κ2) is 4.81. The molecule has 3 N–H and O–H groups in total. The van der Waals surface area contributed by atoms with Crippen LogP contribution >= 0.6 is 0 Å². The molecule has 3 nitrogen and oxygen atoms in total. The van der Waals surface area contributed by atoms with E-state index in [4.69, 9.17) is 5.73 Å². The van der Waals surface area contributed by atoms with E-state index in [1.54, 1.807) is 25.4 Å². The fraction of sp³-hybridized carbons (Fsp3) is 0.0625. The minimum Gasteiger partial charge on any atom is -0.398 e. The highest BCUT2D eigenvalue weighted by atomic mass is 19.1. The molecule has 3 aromatic rings. The normalized spacial score (nSPS) is 10.7. The third-order valence-electron chi connectivity index (χ3n) is 3.39. The van der Waals surface area contributed by atoms with E-state index in [-0.39, 0.29) is 5.82 Å². The summed E-state index contributed by atoms with van der Waals surface area (Å²) in [6.07, 6.45) is 3.46. The second-order valence-electron chi connectivity index (χ2n) is 4.66. The van der Waals surface area contributed by atoms with Gasteiger partial charge in [-0.05, 0) is 37.3 Å². The largest absolute Gasteiger partial charge is 0.398 e. The molecule has 0 bridgehead atoms. The van der Waals surface area contributed by atoms with E-state index in [0.717, 1.165) is 22.1 Å². The van der Waals surface area contributed by atoms with Gasteiger partial charge < -0.3 is 11.1 Å². The number of anilines is 3. The molecule has 0 atom stereocenters. The predicted octanol–water partition coefficient (Wildman–Crippen LogP) is 4.01. The number of hydrogen-bond acceptors (Lipinski definition) is 3. The van der Waals surface area contributed by atoms with Gasteiger partial charge in [0.25, 0.3) is 0 Å². The van der Waals surface area contributed by atoms with Crippen LogP contribution in [0.5, 0.6) is 0 Å². The van der Waals surface area contributed by atoms with E-state index < -0.39 is 0 Å². The molecule has 0 saturated carbocycles. The Morgan fingerprint density at radius 1 is 1.05 bits per heavy atom. The minimum absolute atomic E-state index is 0.229. The lowest BCUT2D eigenvalue weighted by Crippen LogP contribution is -1.97. The van der Waals surface area contributed by atoms with Crippen LogP contribution in [-0.4, -0.2) is 4.98 Å². The lowest BCUT2D eigenvalue weighted by molar-refractivity contribution is 0.619. The number of nitrogens with one attached hydrogen (secondary N) is 1. The summed E-state index contributed by atoms with van der Waals surface area (Å²) in [4.78, 5) is 4.13. The highest BCUT2D eigenvalue weighted by Gasteiger charge is 2.07. The number of nitrogens with two attached hydrogens (primary N) is 1. The lowest BCUT2D eigenvalue weighted by atomic mass is 10.1. The summed E-state index contributed by atoms with van der Waals surface area (Å²) < 4.78 is 13.6. The van der Waals surface area contributed by atoms with Crippen molar-refractivity contribution in [2.75, 3.05) is 11.1 Å². The zero-order valence-electron chi connectivity index (χ0n) is 11.0. The van der Waals surface area contributed by atoms with Gasteiger partial charge in [-0.15, -0.1) is 0 Å². The van der Waals surface area contributed by atoms with Crippen LogP contribution in [0.1, 0.15) is 5.56 Å². The topological polar surface area (TPSA) is 50.9 Å². The summed E-state index contributed by atoms with van der Waals surface area (Å²) in [5.41, 5.74) is 8.83. The summed E-state index contributed by atoms with van der Waals surface area (Å²) >= 11 is 0. The van der Waals surface area contributed by atoms with Crippen molar-refractivity contribution in [3.63, 3.8) is 0 Å². The molecule has 1 heterocycles. The molecule has 2 aromatic carbocycles. The van der Waals surface area contributed by atoms with E-state index in [1.165, 1.54) is 6.07 Å². The fourth-order valence-corrected chi connectivity index (χ4v) is 2.21. The van der Waals surface area contributed by atoms with Gasteiger partial charge in [0, 0.05) is 45.8 Å². The summed E-state index contributed by atoms with van der Waals surface area (Å²) in [6.45, 7) is 1.75. The molecular weight excluding hydrogens is 253 g/mol. The minimum atomic E-state index is -0.229. The third-order valence-corrected chi connectivity index (χ3v) is 3.39. The molecule has 0 radical (unpaired) electrons. The first-order valence-electron chi connectivity index (χ1n) is 6.31. The average Bonchev–Trinajstić information content (AvgIpc) is 2.47. The molecule has 3 rings (SSSR count). The molecular formula is C16H14FN3. The number of benzene rings is 2. The number of nitrogens with zero attached hydrogens (tertiary/aromatic N) is 1. The van der Waals surface area contributed by atoms with E-state index >= 15 is 0 Å². The number of hydrogen-bond donors (Lipinski definition) is 2. The summed E-state index contributed by atoms with van der Waals surface area (Å²) in [6, 6.07) is 10.6. The molecule has 0 saturated heterocycles. The quantitative estimate of drug-likeness (QED) is 0.690. The lowest BCUT2D eigenvalue weighted by Gasteiger charge is -2.13. The van der Waals surface area contributed by atoms with Gasteiger partial charge in [-0.3, -0.25) is 4.98 Å². The van der Waals surface area contributed by atoms with Crippen molar-refractivity contribution in [2.45, 2.75) is 6.92 Å². The zero-order valence-corrected chi connectivity index (χ0v) is 11.0. The van der Waals surface area contributed by atoms with Crippen LogP contribution < -0.4 is 11.1 Å². The van der Waals surface area contributed by atoms with Gasteiger partial charge in [0.15, 0.2) is 0 Å². The summed E-state index contributed by atoms with van der Waals surface area (Å²) in [5.74, 6) is -0.229. The monoisotopic (exact) mass is 267 g/mol. The second-order valence-corrected chi connectivity index (χ2v) is 4.66. The van der Waals surface area contributed by atoms with Crippen LogP contribution in [0.4, 0.5) is 21.5 Å². The molecule has 0 unspecified atom stereocenters. The Hall–Kier alpha value is -2.62. The van der Waals surface area contributed by atoms with E-state index in [0.29, 0.717) is 11.3 Å². The standard InChI is InChI=1S/C16H14FN3/c1-10-13(17)3-2-4-15(10)20-16-6-5-14(18)11-7-8-19-9-12(11)16/h2-9,20H,18H2,1H3. The number of aromatic nitrogens is 1. The first-order chi connectivity index (χ1) is 9.66. The van der Waals surface area contributed by atoms with Crippen LogP contribution in [0, 0.1) is 12.7 Å². The molecule has 0 aliphatic carbocycles. The van der Waals surface area contributed by atoms with Crippen LogP contribution in [-0.2, 0) is 0 Å². The molecule has 0 spiro atoms. The number of halogens is 1. The van der Waals surface area contributed by atoms with Gasteiger partial charge in [-0.25, -0.2) is 4.39 Å². The zero-order chi connectivity index (χ0) is 14.1. The van der Waals surface area contributed by atoms with Crippen LogP contribution in [0.15, 0.2) is 48.8 Å². The Labute approximate surface area is 116 Å². The molecule has 0 aliphatic heterocycles. The van der Waals surface area contributed by atoms with Crippen LogP contribution in [0.2, 0.25) is 0 Å². The first kappa shape index (κ1) is 12.4. The van der Waals surface area contributed by atoms with Gasteiger partial charge in [-0.1, -0.05) is 6.07 Å². The van der Waals surface area contributed by atoms with E-state index in [2.05, 4.69) is 10.3 Å². The van der Waals surface area contributed by atoms with Crippen molar-refractivity contribution in [3.05, 3.63) is 60.2 Å². The highest BCUT2D eigenvalue weighted by molar-refractivity contribution is 6.01. The summed E-state index contributed by atoms with van der Waals surface area (Å²) in [5, 5.41) is 5.09. The fourth-order valence-electron chi connectivity index (χ4n) is 2.21. The van der Waals surface area contributed by atoms with Gasteiger partial charge >= 0.3 is 0 Å². The van der Waals surface area contributed by atoms with Crippen LogP contribution in [0.25, 0.3) is 10.8 Å². The number of rotatable bonds is 2. The molecule has 0 fully saturated rings. The third kappa shape index (κ3) is 2.05. The molecule has 1 aromatic heterocycles. The Morgan fingerprint density at radius 3 is 2.75 bits per heavy atom. The van der Waals surface area contributed by atoms with Crippen molar-refractivity contribution in [1.82, 2.24) is 4.98 Å². The number of pyridine rings is 1. The van der Waals surface area contributed by atoms with Crippen molar-refractivity contribution >= 4 is 27.8 Å². The number of nitrogen functional groups attached to an aromatic ring is 1. The molecule has 0 amide bonds. The SMILES string of the molecule is Cc1c(F)cccc1Nc1ccc(N)c2ccncc12. The van der Waals surface area contributed by atoms with Gasteiger partial charge in [-0.2, -0.15) is 0 Å². The molecule has 4 heteroatoms. The van der Waals surface area contributed by atoms with Crippen molar-refractivity contribution in [2.24, 2.45) is 0 Å². The van der Waals surface area contributed by atoms with Crippen molar-refractivity contribution in [1.29, 1.82) is 0 Å².